The number of carbonyl (C=O) groups excluding carboxylic acids is 1. The first-order chi connectivity index (χ1) is 10.2. The number of Topliss-reactive ketones (excluding diaryl/α,β-unsaturated/α-hetero) is 1. The molecule has 2 nitrogen and oxygen atoms in total. The third-order valence-corrected chi connectivity index (χ3v) is 3.92. The molecule has 3 rings (SSSR count). The third kappa shape index (κ3) is 3.56. The molecule has 0 spiro atoms. The van der Waals surface area contributed by atoms with Crippen molar-refractivity contribution < 1.29 is 9.18 Å². The minimum absolute atomic E-state index is 0.111. The molecule has 0 bridgehead atoms. The van der Waals surface area contributed by atoms with E-state index in [1.54, 1.807) is 12.1 Å². The number of rotatable bonds is 5. The lowest BCUT2D eigenvalue weighted by Crippen LogP contribution is -2.46. The highest BCUT2D eigenvalue weighted by Gasteiger charge is 2.28. The predicted molar refractivity (Wildman–Crippen MR) is 80.6 cm³/mol. The van der Waals surface area contributed by atoms with Gasteiger partial charge in [-0.3, -0.25) is 9.69 Å². The fourth-order valence-electron chi connectivity index (χ4n) is 2.79. The molecule has 21 heavy (non-hydrogen) atoms. The highest BCUT2D eigenvalue weighted by Crippen LogP contribution is 2.23. The minimum atomic E-state index is -0.302. The smallest absolute Gasteiger partial charge is 0.163 e. The summed E-state index contributed by atoms with van der Waals surface area (Å²) in [5.41, 5.74) is 1.92. The molecule has 3 heteroatoms. The molecule has 2 aromatic carbocycles. The van der Waals surface area contributed by atoms with Crippen LogP contribution in [0.4, 0.5) is 4.39 Å². The van der Waals surface area contributed by atoms with Gasteiger partial charge in [0.25, 0.3) is 0 Å². The monoisotopic (exact) mass is 283 g/mol. The van der Waals surface area contributed by atoms with Gasteiger partial charge in [0.1, 0.15) is 5.82 Å². The van der Waals surface area contributed by atoms with Crippen molar-refractivity contribution in [3.8, 4) is 0 Å². The Bertz CT molecular complexity index is 603. The molecule has 0 aromatic heterocycles. The van der Waals surface area contributed by atoms with Gasteiger partial charge < -0.3 is 0 Å². The van der Waals surface area contributed by atoms with E-state index in [-0.39, 0.29) is 11.6 Å². The first-order valence-electron chi connectivity index (χ1n) is 7.26. The standard InChI is InChI=1S/C18H18FNO/c19-17-8-6-16(7-9-17)18(21)10-15-12-20(13-15)11-14-4-2-1-3-5-14/h1-9,15H,10-13H2. The largest absolute Gasteiger partial charge is 0.298 e. The van der Waals surface area contributed by atoms with Crippen LogP contribution < -0.4 is 0 Å². The first-order valence-corrected chi connectivity index (χ1v) is 7.26. The summed E-state index contributed by atoms with van der Waals surface area (Å²) in [5.74, 6) is 0.231. The molecule has 1 fully saturated rings. The highest BCUT2D eigenvalue weighted by molar-refractivity contribution is 5.96. The quantitative estimate of drug-likeness (QED) is 0.782. The molecule has 0 radical (unpaired) electrons. The van der Waals surface area contributed by atoms with Gasteiger partial charge in [-0.1, -0.05) is 30.3 Å². The van der Waals surface area contributed by atoms with Gasteiger partial charge in [0.05, 0.1) is 0 Å². The van der Waals surface area contributed by atoms with E-state index in [4.69, 9.17) is 0 Å². The number of halogens is 1. The SMILES string of the molecule is O=C(CC1CN(Cc2ccccc2)C1)c1ccc(F)cc1. The fourth-order valence-corrected chi connectivity index (χ4v) is 2.79. The van der Waals surface area contributed by atoms with E-state index in [0.29, 0.717) is 17.9 Å². The Morgan fingerprint density at radius 1 is 1.05 bits per heavy atom. The van der Waals surface area contributed by atoms with E-state index < -0.39 is 0 Å². The van der Waals surface area contributed by atoms with Gasteiger partial charge in [0.15, 0.2) is 5.78 Å². The van der Waals surface area contributed by atoms with Gasteiger partial charge >= 0.3 is 0 Å². The Balaban J connectivity index is 1.46. The second kappa shape index (κ2) is 6.19. The van der Waals surface area contributed by atoms with Crippen LogP contribution in [-0.4, -0.2) is 23.8 Å². The van der Waals surface area contributed by atoms with Crippen LogP contribution in [0.1, 0.15) is 22.3 Å². The van der Waals surface area contributed by atoms with Gasteiger partial charge in [0, 0.05) is 31.6 Å². The maximum Gasteiger partial charge on any atom is 0.163 e. The molecule has 0 unspecified atom stereocenters. The average Bonchev–Trinajstić information content (AvgIpc) is 2.46. The van der Waals surface area contributed by atoms with Crippen molar-refractivity contribution in [2.24, 2.45) is 5.92 Å². The molecule has 108 valence electrons. The van der Waals surface area contributed by atoms with E-state index in [0.717, 1.165) is 19.6 Å². The van der Waals surface area contributed by atoms with Crippen molar-refractivity contribution in [3.05, 3.63) is 71.5 Å². The molecule has 2 aromatic rings. The van der Waals surface area contributed by atoms with E-state index in [1.165, 1.54) is 17.7 Å². The summed E-state index contributed by atoms with van der Waals surface area (Å²) in [6.45, 7) is 2.87. The van der Waals surface area contributed by atoms with Crippen LogP contribution in [0.25, 0.3) is 0 Å². The van der Waals surface area contributed by atoms with Crippen LogP contribution in [-0.2, 0) is 6.54 Å². The summed E-state index contributed by atoms with van der Waals surface area (Å²) in [6, 6.07) is 16.2. The van der Waals surface area contributed by atoms with Crippen molar-refractivity contribution in [2.75, 3.05) is 13.1 Å². The van der Waals surface area contributed by atoms with E-state index in [2.05, 4.69) is 17.0 Å². The Hall–Kier alpha value is -2.00. The Morgan fingerprint density at radius 2 is 1.71 bits per heavy atom. The second-order valence-corrected chi connectivity index (χ2v) is 5.68. The molecular weight excluding hydrogens is 265 g/mol. The lowest BCUT2D eigenvalue weighted by Gasteiger charge is -2.39. The molecule has 0 atom stereocenters. The number of likely N-dealkylation sites (tertiary alicyclic amines) is 1. The average molecular weight is 283 g/mol. The van der Waals surface area contributed by atoms with Crippen LogP contribution in [0.2, 0.25) is 0 Å². The van der Waals surface area contributed by atoms with Crippen LogP contribution in [0.5, 0.6) is 0 Å². The van der Waals surface area contributed by atoms with Gasteiger partial charge in [-0.2, -0.15) is 0 Å². The molecule has 0 N–H and O–H groups in total. The zero-order valence-corrected chi connectivity index (χ0v) is 11.8. The molecule has 0 aliphatic carbocycles. The maximum atomic E-state index is 12.8. The summed E-state index contributed by atoms with van der Waals surface area (Å²) in [7, 11) is 0. The summed E-state index contributed by atoms with van der Waals surface area (Å²) in [6.07, 6.45) is 0.553. The van der Waals surface area contributed by atoms with Gasteiger partial charge in [0.2, 0.25) is 0 Å². The number of hydrogen-bond donors (Lipinski definition) is 0. The van der Waals surface area contributed by atoms with Crippen LogP contribution >= 0.6 is 0 Å². The van der Waals surface area contributed by atoms with Crippen molar-refractivity contribution in [1.29, 1.82) is 0 Å². The zero-order valence-electron chi connectivity index (χ0n) is 11.8. The molecule has 1 saturated heterocycles. The van der Waals surface area contributed by atoms with Gasteiger partial charge in [-0.05, 0) is 35.7 Å². The van der Waals surface area contributed by atoms with Crippen LogP contribution in [0.3, 0.4) is 0 Å². The molecule has 0 amide bonds. The molecule has 1 heterocycles. The van der Waals surface area contributed by atoms with Crippen LogP contribution in [0.15, 0.2) is 54.6 Å². The minimum Gasteiger partial charge on any atom is -0.298 e. The number of benzene rings is 2. The van der Waals surface area contributed by atoms with E-state index in [9.17, 15) is 9.18 Å². The Labute approximate surface area is 124 Å². The normalized spacial score (nSPS) is 15.7. The summed E-state index contributed by atoms with van der Waals surface area (Å²) >= 11 is 0. The first kappa shape index (κ1) is 14.0. The maximum absolute atomic E-state index is 12.8. The Kier molecular flexibility index (Phi) is 4.11. The number of ketones is 1. The molecule has 1 aliphatic rings. The summed E-state index contributed by atoms with van der Waals surface area (Å²) in [5, 5.41) is 0. The van der Waals surface area contributed by atoms with Crippen molar-refractivity contribution >= 4 is 5.78 Å². The van der Waals surface area contributed by atoms with Gasteiger partial charge in [-0.25, -0.2) is 4.39 Å². The third-order valence-electron chi connectivity index (χ3n) is 3.92. The van der Waals surface area contributed by atoms with E-state index >= 15 is 0 Å². The summed E-state index contributed by atoms with van der Waals surface area (Å²) < 4.78 is 12.8. The lowest BCUT2D eigenvalue weighted by atomic mass is 9.91. The van der Waals surface area contributed by atoms with Crippen molar-refractivity contribution in [1.82, 2.24) is 4.90 Å². The second-order valence-electron chi connectivity index (χ2n) is 5.68. The molecular formula is C18H18FNO. The molecule has 1 aliphatic heterocycles. The predicted octanol–water partition coefficient (Wildman–Crippen LogP) is 3.53. The van der Waals surface area contributed by atoms with Gasteiger partial charge in [-0.15, -0.1) is 0 Å². The Morgan fingerprint density at radius 3 is 2.38 bits per heavy atom. The number of carbonyl (C=O) groups is 1. The number of nitrogens with zero attached hydrogens (tertiary/aromatic N) is 1. The summed E-state index contributed by atoms with van der Waals surface area (Å²) in [4.78, 5) is 14.4. The fraction of sp³-hybridized carbons (Fsp3) is 0.278. The van der Waals surface area contributed by atoms with Crippen LogP contribution in [0, 0.1) is 11.7 Å². The number of hydrogen-bond acceptors (Lipinski definition) is 2. The topological polar surface area (TPSA) is 20.3 Å². The van der Waals surface area contributed by atoms with E-state index in [1.807, 2.05) is 18.2 Å². The van der Waals surface area contributed by atoms with Crippen molar-refractivity contribution in [2.45, 2.75) is 13.0 Å². The zero-order chi connectivity index (χ0) is 14.7. The highest BCUT2D eigenvalue weighted by atomic mass is 19.1. The lowest BCUT2D eigenvalue weighted by molar-refractivity contribution is 0.0705. The molecule has 0 saturated carbocycles. The van der Waals surface area contributed by atoms with Crippen molar-refractivity contribution in [3.63, 3.8) is 0 Å².